The van der Waals surface area contributed by atoms with Gasteiger partial charge in [-0.25, -0.2) is 0 Å². The molecule has 0 spiro atoms. The van der Waals surface area contributed by atoms with Crippen molar-refractivity contribution in [1.29, 1.82) is 0 Å². The van der Waals surface area contributed by atoms with Gasteiger partial charge in [-0.1, -0.05) is 116 Å². The quantitative estimate of drug-likeness (QED) is 0.0456. The van der Waals surface area contributed by atoms with Crippen molar-refractivity contribution in [2.24, 2.45) is 0 Å². The van der Waals surface area contributed by atoms with Crippen molar-refractivity contribution in [2.75, 3.05) is 13.2 Å². The highest BCUT2D eigenvalue weighted by Crippen LogP contribution is 2.11. The fourth-order valence-corrected chi connectivity index (χ4v) is 4.18. The van der Waals surface area contributed by atoms with Crippen LogP contribution in [0.2, 0.25) is 0 Å². The Kier molecular flexibility index (Phi) is 27.6. The predicted molar refractivity (Wildman–Crippen MR) is 160 cm³/mol. The van der Waals surface area contributed by atoms with E-state index in [4.69, 9.17) is 9.47 Å². The zero-order chi connectivity index (χ0) is 28.8. The van der Waals surface area contributed by atoms with E-state index in [1.165, 1.54) is 38.5 Å². The summed E-state index contributed by atoms with van der Waals surface area (Å²) in [4.78, 5) is 35.3. The van der Waals surface area contributed by atoms with E-state index >= 15 is 0 Å². The number of carbonyl (C=O) groups is 3. The van der Waals surface area contributed by atoms with Gasteiger partial charge in [0.15, 0.2) is 5.78 Å². The van der Waals surface area contributed by atoms with Crippen LogP contribution >= 0.6 is 0 Å². The molecule has 0 aliphatic heterocycles. The van der Waals surface area contributed by atoms with Gasteiger partial charge in [0, 0.05) is 19.3 Å². The lowest BCUT2D eigenvalue weighted by Crippen LogP contribution is -2.25. The van der Waals surface area contributed by atoms with Crippen LogP contribution in [-0.4, -0.2) is 42.1 Å². The number of esters is 2. The first-order chi connectivity index (χ1) is 19.0. The van der Waals surface area contributed by atoms with E-state index in [0.717, 1.165) is 77.0 Å². The van der Waals surface area contributed by atoms with Crippen molar-refractivity contribution in [1.82, 2.24) is 0 Å². The fraction of sp³-hybridized carbons (Fsp3) is 0.788. The average Bonchev–Trinajstić information content (AvgIpc) is 2.92. The Hall–Kier alpha value is -1.95. The first-order valence-electron chi connectivity index (χ1n) is 15.8. The summed E-state index contributed by atoms with van der Waals surface area (Å²) >= 11 is 0. The van der Waals surface area contributed by atoms with Crippen molar-refractivity contribution in [3.05, 3.63) is 24.3 Å². The molecule has 0 bridgehead atoms. The highest BCUT2D eigenvalue weighted by Gasteiger charge is 2.12. The second kappa shape index (κ2) is 29.0. The average molecular weight is 551 g/mol. The Balaban J connectivity index is 3.55. The summed E-state index contributed by atoms with van der Waals surface area (Å²) in [5, 5.41) is 9.91. The maximum atomic E-state index is 11.9. The fourth-order valence-electron chi connectivity index (χ4n) is 4.18. The lowest BCUT2D eigenvalue weighted by molar-refractivity contribution is -0.152. The third kappa shape index (κ3) is 28.9. The van der Waals surface area contributed by atoms with Gasteiger partial charge < -0.3 is 14.6 Å². The van der Waals surface area contributed by atoms with Crippen LogP contribution in [0.25, 0.3) is 0 Å². The zero-order valence-electron chi connectivity index (χ0n) is 25.1. The van der Waals surface area contributed by atoms with Crippen molar-refractivity contribution < 1.29 is 29.0 Å². The Labute approximate surface area is 239 Å². The molecule has 0 saturated carbocycles. The normalized spacial score (nSPS) is 12.3. The third-order valence-corrected chi connectivity index (χ3v) is 6.67. The van der Waals surface area contributed by atoms with Crippen molar-refractivity contribution in [3.63, 3.8) is 0 Å². The Bertz CT molecular complexity index is 655. The molecule has 6 nitrogen and oxygen atoms in total. The molecule has 39 heavy (non-hydrogen) atoms. The summed E-state index contributed by atoms with van der Waals surface area (Å²) in [7, 11) is 0. The minimum Gasteiger partial charge on any atom is -0.463 e. The summed E-state index contributed by atoms with van der Waals surface area (Å²) in [6.45, 7) is 4.07. The molecular weight excluding hydrogens is 492 g/mol. The molecule has 0 fully saturated rings. The Morgan fingerprint density at radius 3 is 1.56 bits per heavy atom. The van der Waals surface area contributed by atoms with E-state index in [2.05, 4.69) is 19.9 Å². The highest BCUT2D eigenvalue weighted by molar-refractivity contribution is 5.89. The molecule has 0 radical (unpaired) electrons. The maximum Gasteiger partial charge on any atom is 0.305 e. The maximum absolute atomic E-state index is 11.9. The van der Waals surface area contributed by atoms with Gasteiger partial charge in [-0.15, -0.1) is 0 Å². The number of aliphatic hydroxyl groups is 1. The number of unbranched alkanes of at least 4 members (excludes halogenated alkanes) is 15. The predicted octanol–water partition coefficient (Wildman–Crippen LogP) is 8.35. The SMILES string of the molecule is CCCCCCCCCCCC(=O)OC[C@H](O)COC(=O)CCCCCCC/C=C\C=C\C(=O)CCCCC. The molecule has 1 N–H and O–H groups in total. The molecule has 0 aromatic carbocycles. The van der Waals surface area contributed by atoms with Crippen LogP contribution in [0.4, 0.5) is 0 Å². The second-order valence-corrected chi connectivity index (χ2v) is 10.6. The minimum absolute atomic E-state index is 0.136. The van der Waals surface area contributed by atoms with Crippen LogP contribution in [0.3, 0.4) is 0 Å². The standard InChI is InChI=1S/C33H58O6/c1-3-5-7-8-9-11-15-18-22-26-32(36)38-28-31(35)29-39-33(37)27-23-19-16-13-10-12-14-17-21-25-30(34)24-20-6-4-2/h14,17,21,25,31,35H,3-13,15-16,18-20,22-24,26-29H2,1-2H3/b17-14-,25-21+/t31-/m0/s1. The number of rotatable bonds is 28. The second-order valence-electron chi connectivity index (χ2n) is 10.6. The van der Waals surface area contributed by atoms with Gasteiger partial charge in [-0.2, -0.15) is 0 Å². The smallest absolute Gasteiger partial charge is 0.305 e. The molecule has 0 unspecified atom stereocenters. The lowest BCUT2D eigenvalue weighted by Gasteiger charge is -2.12. The molecule has 0 rings (SSSR count). The number of ketones is 1. The molecule has 1 atom stereocenters. The van der Waals surface area contributed by atoms with Crippen LogP contribution in [-0.2, 0) is 23.9 Å². The van der Waals surface area contributed by atoms with E-state index in [-0.39, 0.29) is 30.9 Å². The molecule has 0 aromatic heterocycles. The van der Waals surface area contributed by atoms with Gasteiger partial charge in [-0.3, -0.25) is 14.4 Å². The van der Waals surface area contributed by atoms with Gasteiger partial charge in [0.1, 0.15) is 19.3 Å². The van der Waals surface area contributed by atoms with Gasteiger partial charge in [0.25, 0.3) is 0 Å². The van der Waals surface area contributed by atoms with Gasteiger partial charge in [0.2, 0.25) is 0 Å². The topological polar surface area (TPSA) is 89.9 Å². The molecule has 0 aliphatic rings. The van der Waals surface area contributed by atoms with Gasteiger partial charge in [0.05, 0.1) is 0 Å². The summed E-state index contributed by atoms with van der Waals surface area (Å²) in [5.74, 6) is -0.429. The largest absolute Gasteiger partial charge is 0.463 e. The van der Waals surface area contributed by atoms with Crippen molar-refractivity contribution >= 4 is 17.7 Å². The Morgan fingerprint density at radius 2 is 1.03 bits per heavy atom. The van der Waals surface area contributed by atoms with Crippen LogP contribution in [0.1, 0.15) is 149 Å². The molecule has 0 aliphatic carbocycles. The zero-order valence-corrected chi connectivity index (χ0v) is 25.1. The molecule has 226 valence electrons. The number of ether oxygens (including phenoxy) is 2. The lowest BCUT2D eigenvalue weighted by atomic mass is 10.1. The molecule has 6 heteroatoms. The van der Waals surface area contributed by atoms with Crippen LogP contribution in [0.5, 0.6) is 0 Å². The third-order valence-electron chi connectivity index (χ3n) is 6.67. The van der Waals surface area contributed by atoms with E-state index in [1.807, 2.05) is 12.2 Å². The van der Waals surface area contributed by atoms with E-state index < -0.39 is 6.10 Å². The number of carbonyl (C=O) groups excluding carboxylic acids is 3. The minimum atomic E-state index is -0.983. The number of aliphatic hydroxyl groups excluding tert-OH is 1. The molecule has 0 aromatic rings. The number of allylic oxidation sites excluding steroid dienone is 4. The molecule has 0 amide bonds. The van der Waals surface area contributed by atoms with Crippen molar-refractivity contribution in [2.45, 2.75) is 155 Å². The summed E-state index contributed by atoms with van der Waals surface area (Å²) in [6, 6.07) is 0. The number of hydrogen-bond donors (Lipinski definition) is 1. The molecule has 0 heterocycles. The van der Waals surface area contributed by atoms with E-state index in [9.17, 15) is 19.5 Å². The van der Waals surface area contributed by atoms with E-state index in [0.29, 0.717) is 19.3 Å². The van der Waals surface area contributed by atoms with Crippen molar-refractivity contribution in [3.8, 4) is 0 Å². The molecule has 0 saturated heterocycles. The first-order valence-corrected chi connectivity index (χ1v) is 15.8. The van der Waals surface area contributed by atoms with Crippen LogP contribution in [0, 0.1) is 0 Å². The van der Waals surface area contributed by atoms with Gasteiger partial charge >= 0.3 is 11.9 Å². The monoisotopic (exact) mass is 550 g/mol. The van der Waals surface area contributed by atoms with Crippen LogP contribution < -0.4 is 0 Å². The molecular formula is C33H58O6. The first kappa shape index (κ1) is 37.0. The summed E-state index contributed by atoms with van der Waals surface area (Å²) in [6.07, 6.45) is 27.8. The van der Waals surface area contributed by atoms with Gasteiger partial charge in [-0.05, 0) is 38.2 Å². The summed E-state index contributed by atoms with van der Waals surface area (Å²) < 4.78 is 10.2. The van der Waals surface area contributed by atoms with E-state index in [1.54, 1.807) is 6.08 Å². The Morgan fingerprint density at radius 1 is 0.590 bits per heavy atom. The number of hydrogen-bond acceptors (Lipinski definition) is 6. The summed E-state index contributed by atoms with van der Waals surface area (Å²) in [5.41, 5.74) is 0. The highest BCUT2D eigenvalue weighted by atomic mass is 16.6. The van der Waals surface area contributed by atoms with Crippen LogP contribution in [0.15, 0.2) is 24.3 Å².